The van der Waals surface area contributed by atoms with E-state index in [-0.39, 0.29) is 27.9 Å². The number of benzene rings is 17. The molecule has 18 aromatic rings. The predicted molar refractivity (Wildman–Crippen MR) is 469 cm³/mol. The zero-order valence-electron chi connectivity index (χ0n) is 60.4. The minimum atomic E-state index is -0.274. The van der Waals surface area contributed by atoms with E-state index < -0.39 is 0 Å². The Morgan fingerprint density at radius 1 is 0.234 bits per heavy atom. The van der Waals surface area contributed by atoms with E-state index in [2.05, 4.69) is 431 Å². The maximum atomic E-state index is 8.14. The van der Waals surface area contributed by atoms with Gasteiger partial charge in [-0.25, -0.2) is 0 Å². The topological polar surface area (TPSA) is 25.4 Å². The summed E-state index contributed by atoms with van der Waals surface area (Å²) in [7, 11) is 0. The normalized spacial score (nSPS) is 12.7. The third-order valence-corrected chi connectivity index (χ3v) is 25.4. The molecule has 0 atom stereocenters. The molecule has 0 N–H and O–H groups in total. The number of rotatable bonds is 13. The summed E-state index contributed by atoms with van der Waals surface area (Å²) in [5.41, 5.74) is 32.2. The van der Waals surface area contributed by atoms with Crippen molar-refractivity contribution in [3.63, 3.8) is 0 Å². The Balaban J connectivity index is 0.851. The van der Waals surface area contributed by atoms with Crippen molar-refractivity contribution in [1.29, 1.82) is 0 Å². The second kappa shape index (κ2) is 26.5. The van der Waals surface area contributed by atoms with Gasteiger partial charge in [-0.15, -0.1) is 0 Å². The van der Waals surface area contributed by atoms with Crippen LogP contribution in [0.5, 0.6) is 11.5 Å². The van der Waals surface area contributed by atoms with Crippen LogP contribution in [0.25, 0.3) is 63.8 Å². The molecule has 0 amide bonds. The predicted octanol–water partition coefficient (Wildman–Crippen LogP) is 23.1. The quantitative estimate of drug-likeness (QED) is 0.107. The number of hydrogen-bond acceptors (Lipinski definition) is 6. The van der Waals surface area contributed by atoms with E-state index in [1.54, 1.807) is 0 Å². The van der Waals surface area contributed by atoms with Crippen molar-refractivity contribution in [2.45, 2.75) is 0 Å². The zero-order chi connectivity index (χ0) is 73.0. The molecule has 0 aliphatic carbocycles. The molecule has 9 heteroatoms. The number of nitrogens with zero attached hydrogens (tertiary/aromatic N) is 5. The van der Waals surface area contributed by atoms with Gasteiger partial charge in [0.2, 0.25) is 0 Å². The van der Waals surface area contributed by atoms with Crippen LogP contribution in [0.3, 0.4) is 0 Å². The summed E-state index contributed by atoms with van der Waals surface area (Å²) in [6.07, 6.45) is 0. The van der Waals surface area contributed by atoms with Gasteiger partial charge in [0.25, 0.3) is 0 Å². The van der Waals surface area contributed by atoms with Gasteiger partial charge in [0.1, 0.15) is 0 Å². The summed E-state index contributed by atoms with van der Waals surface area (Å²) in [4.78, 5) is 12.7. The minimum Gasteiger partial charge on any atom is -0.0616 e. The van der Waals surface area contributed by atoms with Crippen molar-refractivity contribution < 1.29 is 4.74 Å². The molecule has 0 saturated carbocycles. The Morgan fingerprint density at radius 3 is 1.14 bits per heavy atom. The zero-order valence-corrected chi connectivity index (χ0v) is 62.1. The van der Waals surface area contributed by atoms with E-state index in [1.165, 1.54) is 41.1 Å². The van der Waals surface area contributed by atoms with Crippen LogP contribution < -0.4 is 62.0 Å². The van der Waals surface area contributed by atoms with Gasteiger partial charge in [0.05, 0.1) is 0 Å². The molecular formula is C102H67B2N5OSe. The summed E-state index contributed by atoms with van der Waals surface area (Å²) in [5.74, 6) is 1.61. The maximum absolute atomic E-state index is 8.14. The third kappa shape index (κ3) is 10.5. The van der Waals surface area contributed by atoms with E-state index in [4.69, 9.17) is 4.74 Å². The van der Waals surface area contributed by atoms with E-state index in [0.717, 1.165) is 152 Å². The average molecular weight is 1480 g/mol. The number of fused-ring (bicyclic) bond motifs is 11. The van der Waals surface area contributed by atoms with Crippen LogP contribution in [0.1, 0.15) is 0 Å². The van der Waals surface area contributed by atoms with Crippen molar-refractivity contribution >= 4 is 165 Å². The first kappa shape index (κ1) is 64.4. The maximum Gasteiger partial charge on any atom is -0.0543 e. The van der Waals surface area contributed by atoms with Crippen LogP contribution in [0.4, 0.5) is 85.3 Å². The number of ether oxygens (including phenoxy) is 1. The Kier molecular flexibility index (Phi) is 15.4. The Morgan fingerprint density at radius 2 is 0.613 bits per heavy atom. The van der Waals surface area contributed by atoms with E-state index >= 15 is 0 Å². The first-order valence-electron chi connectivity index (χ1n) is 38.1. The summed E-state index contributed by atoms with van der Waals surface area (Å²) in [5, 5.41) is 2.58. The van der Waals surface area contributed by atoms with Gasteiger partial charge >= 0.3 is 483 Å². The summed E-state index contributed by atoms with van der Waals surface area (Å²) in [6, 6.07) is 150. The molecule has 0 bridgehead atoms. The molecule has 22 rings (SSSR count). The molecule has 6 nitrogen and oxygen atoms in total. The van der Waals surface area contributed by atoms with Crippen LogP contribution in [0, 0.1) is 0 Å². The van der Waals surface area contributed by atoms with Crippen molar-refractivity contribution in [2.75, 3.05) is 24.5 Å². The van der Waals surface area contributed by atoms with Gasteiger partial charge in [-0.05, 0) is 35.4 Å². The molecule has 0 radical (unpaired) electrons. The molecule has 17 aromatic carbocycles. The molecule has 0 spiro atoms. The summed E-state index contributed by atoms with van der Waals surface area (Å²) in [6.45, 7) is -0.539. The fourth-order valence-electron chi connectivity index (χ4n) is 18.2. The van der Waals surface area contributed by atoms with Crippen LogP contribution >= 0.6 is 0 Å². The van der Waals surface area contributed by atoms with Crippen LogP contribution in [-0.4, -0.2) is 27.9 Å². The SMILES string of the molecule is c1ccc(-c2ccccc2N(c2ccccc2)c2cc3c4c(c2)N(c2ccccc2-c2ccccc2)c2ccccc2B4c2cc4c(cc2O3)N(c2cccc3c2[se]c2ccccc23)c2cc(N(c3ccccc3)c3ccccc3-c3ccccc3)cc3c2B4c2ccccc2N3c2ccccc2-c2ccccc2)cc1. The summed E-state index contributed by atoms with van der Waals surface area (Å²) < 4.78 is 10.9. The van der Waals surface area contributed by atoms with Crippen LogP contribution in [-0.2, 0) is 0 Å². The van der Waals surface area contributed by atoms with E-state index in [1.807, 2.05) is 0 Å². The first-order chi connectivity index (χ1) is 55.1. The largest absolute Gasteiger partial charge is 0.0616 e. The minimum absolute atomic E-state index is 0.0494. The molecule has 4 aliphatic rings. The van der Waals surface area contributed by atoms with Gasteiger partial charge in [0.15, 0.2) is 0 Å². The van der Waals surface area contributed by atoms with Crippen molar-refractivity contribution in [2.24, 2.45) is 0 Å². The van der Waals surface area contributed by atoms with Gasteiger partial charge in [0, 0.05) is 11.1 Å². The molecule has 4 aliphatic heterocycles. The molecule has 111 heavy (non-hydrogen) atoms. The second-order valence-electron chi connectivity index (χ2n) is 28.9. The molecule has 1 aromatic heterocycles. The second-order valence-corrected chi connectivity index (χ2v) is 31.1. The van der Waals surface area contributed by atoms with E-state index in [9.17, 15) is 0 Å². The van der Waals surface area contributed by atoms with Gasteiger partial charge in [-0.2, -0.15) is 0 Å². The van der Waals surface area contributed by atoms with Gasteiger partial charge in [-0.1, -0.05) is 127 Å². The van der Waals surface area contributed by atoms with Crippen LogP contribution in [0.15, 0.2) is 406 Å². The third-order valence-electron chi connectivity index (χ3n) is 22.8. The Labute approximate surface area is 652 Å². The fraction of sp³-hybridized carbons (Fsp3) is 0. The molecule has 0 saturated heterocycles. The van der Waals surface area contributed by atoms with Gasteiger partial charge in [-0.3, -0.25) is 0 Å². The van der Waals surface area contributed by atoms with E-state index in [0.29, 0.717) is 0 Å². The first-order valence-corrected chi connectivity index (χ1v) is 39.8. The number of anilines is 15. The molecule has 0 unspecified atom stereocenters. The molecule has 0 fully saturated rings. The monoisotopic (exact) mass is 1480 g/mol. The number of hydrogen-bond donors (Lipinski definition) is 0. The van der Waals surface area contributed by atoms with Crippen LogP contribution in [0.2, 0.25) is 0 Å². The van der Waals surface area contributed by atoms with Crippen molar-refractivity contribution in [1.82, 2.24) is 0 Å². The average Bonchev–Trinajstić information content (AvgIpc) is 0.856. The molecular weight excluding hydrogens is 1410 g/mol. The summed E-state index contributed by atoms with van der Waals surface area (Å²) >= 11 is -0.0494. The molecule has 518 valence electrons. The Hall–Kier alpha value is -13.8. The smallest absolute Gasteiger partial charge is 0.0543 e. The van der Waals surface area contributed by atoms with Crippen molar-refractivity contribution in [3.05, 3.63) is 406 Å². The van der Waals surface area contributed by atoms with Crippen molar-refractivity contribution in [3.8, 4) is 56.0 Å². The van der Waals surface area contributed by atoms with Gasteiger partial charge < -0.3 is 0 Å². The fourth-order valence-corrected chi connectivity index (χ4v) is 20.7. The Bertz CT molecular complexity index is 6680. The standard InChI is InChI=1S/C102H67B2N5OSe/c1-7-34-68(35-8-1)76-46-19-26-54-86(76)105(72-42-15-5-16-43-72)74-62-94-100-95(63-74)109(92-60-33-51-81-80-50-23-32-61-99(80)111-102(81)92)93-67-97-85(66-84(93)103(100)82-52-24-30-58-90(82)107(94)88-56-28-21-48-78(88)70-38-11-3-12-39-70)104-83-53-25-31-59-91(83)108(89-57-29-22-49-79(89)71-40-13-4-14-41-71)96-64-75(65-98(110-97)101(96)104)106(73-44-17-6-18-45-73)87-55-27-20-47-77(87)69-36-9-2-10-37-69/h1-67H. The number of para-hydroxylation sites is 8. The molecule has 5 heterocycles.